The molecule has 1 aromatic carbocycles. The molecule has 0 radical (unpaired) electrons. The van der Waals surface area contributed by atoms with Crippen LogP contribution >= 0.6 is 0 Å². The monoisotopic (exact) mass is 272 g/mol. The number of amides is 1. The van der Waals surface area contributed by atoms with Gasteiger partial charge in [0.05, 0.1) is 19.0 Å². The Morgan fingerprint density at radius 1 is 1.20 bits per heavy atom. The SMILES string of the molecule is COc1ccccc1OCC(=O)Nc1ccc(C)nc1. The van der Waals surface area contributed by atoms with Gasteiger partial charge in [0, 0.05) is 5.69 Å². The Morgan fingerprint density at radius 2 is 1.95 bits per heavy atom. The lowest BCUT2D eigenvalue weighted by molar-refractivity contribution is -0.118. The number of carbonyl (C=O) groups excluding carboxylic acids is 1. The Bertz CT molecular complexity index is 582. The molecule has 5 nitrogen and oxygen atoms in total. The smallest absolute Gasteiger partial charge is 0.262 e. The lowest BCUT2D eigenvalue weighted by Crippen LogP contribution is -2.20. The molecule has 0 saturated carbocycles. The third-order valence-electron chi connectivity index (χ3n) is 2.62. The number of benzene rings is 1. The number of anilines is 1. The van der Waals surface area contributed by atoms with Crippen LogP contribution in [0.2, 0.25) is 0 Å². The summed E-state index contributed by atoms with van der Waals surface area (Å²) >= 11 is 0. The van der Waals surface area contributed by atoms with Gasteiger partial charge in [-0.25, -0.2) is 0 Å². The Hall–Kier alpha value is -2.56. The first-order valence-electron chi connectivity index (χ1n) is 6.17. The maximum atomic E-state index is 11.8. The van der Waals surface area contributed by atoms with Gasteiger partial charge in [0.25, 0.3) is 5.91 Å². The fourth-order valence-electron chi connectivity index (χ4n) is 1.62. The van der Waals surface area contributed by atoms with E-state index in [9.17, 15) is 4.79 Å². The summed E-state index contributed by atoms with van der Waals surface area (Å²) in [7, 11) is 1.56. The second-order valence-electron chi connectivity index (χ2n) is 4.18. The maximum Gasteiger partial charge on any atom is 0.262 e. The molecule has 0 fully saturated rings. The van der Waals surface area contributed by atoms with Crippen LogP contribution in [-0.2, 0) is 4.79 Å². The summed E-state index contributed by atoms with van der Waals surface area (Å²) in [6, 6.07) is 10.8. The van der Waals surface area contributed by atoms with Crippen LogP contribution in [0.3, 0.4) is 0 Å². The van der Waals surface area contributed by atoms with Crippen molar-refractivity contribution in [1.82, 2.24) is 4.98 Å². The molecule has 0 aliphatic heterocycles. The molecule has 0 aliphatic rings. The second kappa shape index (κ2) is 6.56. The Labute approximate surface area is 117 Å². The largest absolute Gasteiger partial charge is 0.493 e. The minimum atomic E-state index is -0.249. The van der Waals surface area contributed by atoms with Gasteiger partial charge in [-0.2, -0.15) is 0 Å². The Kier molecular flexibility index (Phi) is 4.55. The van der Waals surface area contributed by atoms with Crippen molar-refractivity contribution >= 4 is 11.6 Å². The van der Waals surface area contributed by atoms with Gasteiger partial charge in [0.2, 0.25) is 0 Å². The number of nitrogens with one attached hydrogen (secondary N) is 1. The number of hydrogen-bond donors (Lipinski definition) is 1. The van der Waals surface area contributed by atoms with Crippen molar-refractivity contribution in [3.05, 3.63) is 48.3 Å². The van der Waals surface area contributed by atoms with Crippen molar-refractivity contribution in [3.8, 4) is 11.5 Å². The zero-order valence-corrected chi connectivity index (χ0v) is 11.4. The third-order valence-corrected chi connectivity index (χ3v) is 2.62. The number of ether oxygens (including phenoxy) is 2. The average Bonchev–Trinajstić information content (AvgIpc) is 2.48. The average molecular weight is 272 g/mol. The minimum Gasteiger partial charge on any atom is -0.493 e. The standard InChI is InChI=1S/C15H16N2O3/c1-11-7-8-12(9-16-11)17-15(18)10-20-14-6-4-3-5-13(14)19-2/h3-9H,10H2,1-2H3,(H,17,18). The third kappa shape index (κ3) is 3.71. The predicted octanol–water partition coefficient (Wildman–Crippen LogP) is 2.42. The quantitative estimate of drug-likeness (QED) is 0.908. The van der Waals surface area contributed by atoms with E-state index < -0.39 is 0 Å². The predicted molar refractivity (Wildman–Crippen MR) is 76.1 cm³/mol. The van der Waals surface area contributed by atoms with Crippen LogP contribution < -0.4 is 14.8 Å². The van der Waals surface area contributed by atoms with Crippen molar-refractivity contribution in [1.29, 1.82) is 0 Å². The van der Waals surface area contributed by atoms with Gasteiger partial charge in [0.1, 0.15) is 0 Å². The number of carbonyl (C=O) groups is 1. The lowest BCUT2D eigenvalue weighted by Gasteiger charge is -2.10. The molecule has 5 heteroatoms. The van der Waals surface area contributed by atoms with Gasteiger partial charge in [-0.15, -0.1) is 0 Å². The molecule has 20 heavy (non-hydrogen) atoms. The first-order chi connectivity index (χ1) is 9.69. The molecule has 0 bridgehead atoms. The molecule has 2 aromatic rings. The topological polar surface area (TPSA) is 60.5 Å². The summed E-state index contributed by atoms with van der Waals surface area (Å²) in [6.45, 7) is 1.80. The van der Waals surface area contributed by atoms with Crippen molar-refractivity contribution in [2.75, 3.05) is 19.0 Å². The fourth-order valence-corrected chi connectivity index (χ4v) is 1.62. The Balaban J connectivity index is 1.90. The second-order valence-corrected chi connectivity index (χ2v) is 4.18. The van der Waals surface area contributed by atoms with Crippen LogP contribution in [0.1, 0.15) is 5.69 Å². The zero-order chi connectivity index (χ0) is 14.4. The van der Waals surface area contributed by atoms with E-state index >= 15 is 0 Å². The van der Waals surface area contributed by atoms with Crippen LogP contribution in [0, 0.1) is 6.92 Å². The molecule has 0 unspecified atom stereocenters. The van der Waals surface area contributed by atoms with Crippen LogP contribution in [-0.4, -0.2) is 24.6 Å². The Morgan fingerprint density at radius 3 is 2.60 bits per heavy atom. The van der Waals surface area contributed by atoms with Crippen molar-refractivity contribution < 1.29 is 14.3 Å². The molecule has 2 rings (SSSR count). The highest BCUT2D eigenvalue weighted by molar-refractivity contribution is 5.91. The summed E-state index contributed by atoms with van der Waals surface area (Å²) in [5, 5.41) is 2.71. The number of hydrogen-bond acceptors (Lipinski definition) is 4. The highest BCUT2D eigenvalue weighted by Crippen LogP contribution is 2.25. The molecular weight excluding hydrogens is 256 g/mol. The molecule has 0 spiro atoms. The first kappa shape index (κ1) is 13.9. The molecule has 1 N–H and O–H groups in total. The van der Waals surface area contributed by atoms with E-state index in [0.717, 1.165) is 5.69 Å². The van der Waals surface area contributed by atoms with E-state index in [1.807, 2.05) is 25.1 Å². The first-order valence-corrected chi connectivity index (χ1v) is 6.17. The number of nitrogens with zero attached hydrogens (tertiary/aromatic N) is 1. The van der Waals surface area contributed by atoms with E-state index in [2.05, 4.69) is 10.3 Å². The van der Waals surface area contributed by atoms with Gasteiger partial charge in [0.15, 0.2) is 18.1 Å². The normalized spacial score (nSPS) is 9.90. The van der Waals surface area contributed by atoms with Gasteiger partial charge >= 0.3 is 0 Å². The van der Waals surface area contributed by atoms with E-state index in [4.69, 9.17) is 9.47 Å². The highest BCUT2D eigenvalue weighted by Gasteiger charge is 2.07. The molecule has 1 amide bonds. The molecular formula is C15H16N2O3. The molecule has 0 aliphatic carbocycles. The van der Waals surface area contributed by atoms with Gasteiger partial charge in [-0.3, -0.25) is 9.78 Å². The van der Waals surface area contributed by atoms with Gasteiger partial charge in [-0.1, -0.05) is 12.1 Å². The van der Waals surface area contributed by atoms with E-state index in [-0.39, 0.29) is 12.5 Å². The van der Waals surface area contributed by atoms with Gasteiger partial charge < -0.3 is 14.8 Å². The van der Waals surface area contributed by atoms with Crippen LogP contribution in [0.15, 0.2) is 42.6 Å². The fraction of sp³-hybridized carbons (Fsp3) is 0.200. The summed E-state index contributed by atoms with van der Waals surface area (Å²) in [5.41, 5.74) is 1.54. The lowest BCUT2D eigenvalue weighted by atomic mass is 10.3. The number of rotatable bonds is 5. The molecule has 0 saturated heterocycles. The van der Waals surface area contributed by atoms with Crippen LogP contribution in [0.5, 0.6) is 11.5 Å². The highest BCUT2D eigenvalue weighted by atomic mass is 16.5. The molecule has 1 heterocycles. The molecule has 1 aromatic heterocycles. The minimum absolute atomic E-state index is 0.0890. The van der Waals surface area contributed by atoms with E-state index in [1.165, 1.54) is 0 Å². The summed E-state index contributed by atoms with van der Waals surface area (Å²) in [4.78, 5) is 15.9. The number of aromatic nitrogens is 1. The summed E-state index contributed by atoms with van der Waals surface area (Å²) in [6.07, 6.45) is 1.61. The van der Waals surface area contributed by atoms with Crippen molar-refractivity contribution in [2.45, 2.75) is 6.92 Å². The van der Waals surface area contributed by atoms with Crippen LogP contribution in [0.4, 0.5) is 5.69 Å². The summed E-state index contributed by atoms with van der Waals surface area (Å²) in [5.74, 6) is 0.881. The van der Waals surface area contributed by atoms with Crippen molar-refractivity contribution in [3.63, 3.8) is 0 Å². The number of pyridine rings is 1. The van der Waals surface area contributed by atoms with Crippen LogP contribution in [0.25, 0.3) is 0 Å². The van der Waals surface area contributed by atoms with Gasteiger partial charge in [-0.05, 0) is 31.2 Å². The number of aryl methyl sites for hydroxylation is 1. The summed E-state index contributed by atoms with van der Waals surface area (Å²) < 4.78 is 10.6. The maximum absolute atomic E-state index is 11.8. The van der Waals surface area contributed by atoms with Crippen molar-refractivity contribution in [2.24, 2.45) is 0 Å². The molecule has 0 atom stereocenters. The number of para-hydroxylation sites is 2. The zero-order valence-electron chi connectivity index (χ0n) is 11.4. The van der Waals surface area contributed by atoms with E-state index in [1.54, 1.807) is 31.5 Å². The molecule has 104 valence electrons. The van der Waals surface area contributed by atoms with E-state index in [0.29, 0.717) is 17.2 Å². The number of methoxy groups -OCH3 is 1.